The molecule has 48 heavy (non-hydrogen) atoms. The summed E-state index contributed by atoms with van der Waals surface area (Å²) in [6.45, 7) is 9.66. The van der Waals surface area contributed by atoms with Gasteiger partial charge in [-0.3, -0.25) is 9.69 Å². The second-order valence-corrected chi connectivity index (χ2v) is 17.3. The fourth-order valence-electron chi connectivity index (χ4n) is 8.65. The summed E-state index contributed by atoms with van der Waals surface area (Å²) >= 11 is 6.38. The summed E-state index contributed by atoms with van der Waals surface area (Å²) in [4.78, 5) is 18.5. The first-order valence-electron chi connectivity index (χ1n) is 17.9. The summed E-state index contributed by atoms with van der Waals surface area (Å²) in [6, 6.07) is 11.6. The number of carbonyl (C=O) groups is 1. The van der Waals surface area contributed by atoms with E-state index in [-0.39, 0.29) is 11.5 Å². The lowest BCUT2D eigenvalue weighted by molar-refractivity contribution is -0.212. The third kappa shape index (κ3) is 6.97. The lowest BCUT2D eigenvalue weighted by Gasteiger charge is -2.57. The van der Waals surface area contributed by atoms with Gasteiger partial charge in [0.15, 0.2) is 0 Å². The van der Waals surface area contributed by atoms with Crippen LogP contribution in [0, 0.1) is 17.8 Å². The third-order valence-corrected chi connectivity index (χ3v) is 14.1. The zero-order chi connectivity index (χ0) is 33.5. The van der Waals surface area contributed by atoms with Gasteiger partial charge in [0.1, 0.15) is 12.4 Å². The summed E-state index contributed by atoms with van der Waals surface area (Å²) < 4.78 is 48.7. The Hall–Kier alpha value is -2.37. The van der Waals surface area contributed by atoms with Crippen LogP contribution < -0.4 is 14.4 Å². The molecule has 5 aliphatic rings. The van der Waals surface area contributed by atoms with Crippen molar-refractivity contribution in [2.75, 3.05) is 50.9 Å². The highest BCUT2D eigenvalue weighted by Gasteiger charge is 2.52. The zero-order valence-electron chi connectivity index (χ0n) is 28.3. The molecular weight excluding hydrogens is 650 g/mol. The molecule has 4 aliphatic heterocycles. The lowest BCUT2D eigenvalue weighted by atomic mass is 9.62. The van der Waals surface area contributed by atoms with E-state index >= 15 is 0 Å². The van der Waals surface area contributed by atoms with Crippen LogP contribution in [0.3, 0.4) is 0 Å². The Bertz CT molecular complexity index is 1610. The lowest BCUT2D eigenvalue weighted by Crippen LogP contribution is -2.65. The molecule has 1 aliphatic carbocycles. The highest BCUT2D eigenvalue weighted by Crippen LogP contribution is 2.49. The Kier molecular flexibility index (Phi) is 10.0. The molecule has 262 valence electrons. The maximum absolute atomic E-state index is 13.5. The Labute approximate surface area is 290 Å². The Morgan fingerprint density at radius 2 is 1.85 bits per heavy atom. The third-order valence-electron chi connectivity index (χ3n) is 12.0. The number of rotatable bonds is 0. The van der Waals surface area contributed by atoms with Gasteiger partial charge in [0.2, 0.25) is 10.0 Å². The average molecular weight is 700 g/mol. The second kappa shape index (κ2) is 14.1. The Morgan fingerprint density at radius 3 is 2.69 bits per heavy atom. The van der Waals surface area contributed by atoms with Gasteiger partial charge in [-0.05, 0) is 111 Å². The number of nitrogens with zero attached hydrogens (tertiary/aromatic N) is 2. The molecule has 1 spiro atoms. The van der Waals surface area contributed by atoms with E-state index in [2.05, 4.69) is 14.5 Å². The van der Waals surface area contributed by atoms with Crippen molar-refractivity contribution >= 4 is 33.2 Å². The number of fused-ring (bicyclic) bond motifs is 5. The summed E-state index contributed by atoms with van der Waals surface area (Å²) in [5, 5.41) is 0.00798. The van der Waals surface area contributed by atoms with Gasteiger partial charge in [0, 0.05) is 36.8 Å². The number of carbonyl (C=O) groups excluding carboxylic acids is 1. The van der Waals surface area contributed by atoms with E-state index in [4.69, 9.17) is 25.8 Å². The van der Waals surface area contributed by atoms with Crippen LogP contribution in [-0.4, -0.2) is 82.1 Å². The van der Waals surface area contributed by atoms with E-state index in [1.807, 2.05) is 37.3 Å². The van der Waals surface area contributed by atoms with Crippen LogP contribution >= 0.6 is 11.6 Å². The molecule has 0 aromatic heterocycles. The minimum Gasteiger partial charge on any atom is -0.487 e. The molecule has 2 aromatic carbocycles. The molecule has 1 N–H and O–H groups in total. The number of benzene rings is 2. The van der Waals surface area contributed by atoms with Crippen LogP contribution in [0.2, 0.25) is 5.02 Å². The van der Waals surface area contributed by atoms with Crippen LogP contribution in [0.4, 0.5) is 5.69 Å². The summed E-state index contributed by atoms with van der Waals surface area (Å²) in [7, 11) is -3.90. The first kappa shape index (κ1) is 34.1. The molecule has 9 nitrogen and oxygen atoms in total. The van der Waals surface area contributed by atoms with Gasteiger partial charge in [-0.1, -0.05) is 31.0 Å². The summed E-state index contributed by atoms with van der Waals surface area (Å²) in [6.07, 6.45) is 7.63. The molecular formula is C37H50ClN3O6S. The van der Waals surface area contributed by atoms with Crippen molar-refractivity contribution in [3.63, 3.8) is 0 Å². The number of amides is 1. The number of morpholine rings is 2. The molecule has 1 amide bonds. The number of aryl methyl sites for hydroxylation is 1. The number of ether oxygens (including phenoxy) is 3. The SMILES string of the molecule is C[C@@H]1[C@@H](C)CCC[C@]2(CN3CCOC[C@H]3CO2)[C@@H]2CC[C@H]2CN2CCCCc3cc(Cl)ccc3COc3ccc(cc32)C(=O)NS1(=O)=O. The van der Waals surface area contributed by atoms with E-state index in [9.17, 15) is 13.2 Å². The van der Waals surface area contributed by atoms with Gasteiger partial charge in [0.25, 0.3) is 5.91 Å². The predicted octanol–water partition coefficient (Wildman–Crippen LogP) is 5.83. The Balaban J connectivity index is 1.26. The minimum atomic E-state index is -3.90. The standard InChI is InChI=1S/C37H50ClN3O6S/c1-25-6-5-14-37(24-41-16-17-45-22-32(41)23-47-37)33-12-9-29(33)20-40-15-4-3-7-27-18-31(38)11-8-30(27)21-46-35-13-10-28(19-34(35)40)36(42)39-48(43,44)26(25)2/h8,10-11,13,18-19,25-26,29,32-33H,3-7,9,12,14-17,20-24H2,1-2H3,(H,39,42)/t25-,26+,29-,32-,33+,37-/m0/s1. The number of nitrogens with one attached hydrogen (secondary N) is 1. The van der Waals surface area contributed by atoms with E-state index < -0.39 is 21.2 Å². The van der Waals surface area contributed by atoms with Crippen LogP contribution in [-0.2, 0) is 32.5 Å². The monoisotopic (exact) mass is 699 g/mol. The minimum absolute atomic E-state index is 0.119. The number of anilines is 1. The number of sulfonamides is 1. The van der Waals surface area contributed by atoms with E-state index in [0.29, 0.717) is 49.0 Å². The van der Waals surface area contributed by atoms with Gasteiger partial charge in [-0.25, -0.2) is 13.1 Å². The fourth-order valence-corrected chi connectivity index (χ4v) is 10.2. The highest BCUT2D eigenvalue weighted by molar-refractivity contribution is 7.90. The van der Waals surface area contributed by atoms with Crippen LogP contribution in [0.15, 0.2) is 36.4 Å². The average Bonchev–Trinajstić information content (AvgIpc) is 3.08. The van der Waals surface area contributed by atoms with Gasteiger partial charge >= 0.3 is 0 Å². The quantitative estimate of drug-likeness (QED) is 0.367. The first-order chi connectivity index (χ1) is 23.1. The van der Waals surface area contributed by atoms with Crippen molar-refractivity contribution in [3.8, 4) is 5.75 Å². The summed E-state index contributed by atoms with van der Waals surface area (Å²) in [5.74, 6) is 0.793. The van der Waals surface area contributed by atoms with Crippen LogP contribution in [0.25, 0.3) is 0 Å². The number of hydrogen-bond donors (Lipinski definition) is 1. The molecule has 2 aromatic rings. The Morgan fingerprint density at radius 1 is 0.979 bits per heavy atom. The molecule has 2 saturated heterocycles. The maximum Gasteiger partial charge on any atom is 0.264 e. The molecule has 7 rings (SSSR count). The normalized spacial score (nSPS) is 33.1. The van der Waals surface area contributed by atoms with Crippen molar-refractivity contribution in [2.45, 2.75) is 88.7 Å². The van der Waals surface area contributed by atoms with Crippen LogP contribution in [0.1, 0.15) is 80.3 Å². The molecule has 0 unspecified atom stereocenters. The van der Waals surface area contributed by atoms with E-state index in [0.717, 1.165) is 100 Å². The second-order valence-electron chi connectivity index (χ2n) is 14.9. The highest BCUT2D eigenvalue weighted by atomic mass is 35.5. The van der Waals surface area contributed by atoms with E-state index in [1.165, 1.54) is 5.56 Å². The van der Waals surface area contributed by atoms with Gasteiger partial charge < -0.3 is 19.1 Å². The molecule has 0 radical (unpaired) electrons. The molecule has 6 atom stereocenters. The number of halogens is 1. The van der Waals surface area contributed by atoms with Crippen molar-refractivity contribution in [3.05, 3.63) is 58.1 Å². The van der Waals surface area contributed by atoms with Gasteiger partial charge in [-0.15, -0.1) is 0 Å². The predicted molar refractivity (Wildman–Crippen MR) is 187 cm³/mol. The molecule has 1 saturated carbocycles. The first-order valence-corrected chi connectivity index (χ1v) is 19.9. The van der Waals surface area contributed by atoms with Gasteiger partial charge in [-0.2, -0.15) is 0 Å². The zero-order valence-corrected chi connectivity index (χ0v) is 29.9. The molecule has 2 bridgehead atoms. The topological polar surface area (TPSA) is 97.4 Å². The van der Waals surface area contributed by atoms with E-state index in [1.54, 1.807) is 13.0 Å². The molecule has 3 fully saturated rings. The molecule has 11 heteroatoms. The van der Waals surface area contributed by atoms with Crippen molar-refractivity contribution in [1.29, 1.82) is 0 Å². The molecule has 4 heterocycles. The fraction of sp³-hybridized carbons (Fsp3) is 0.649. The van der Waals surface area contributed by atoms with Gasteiger partial charge in [0.05, 0.1) is 42.4 Å². The van der Waals surface area contributed by atoms with Crippen molar-refractivity contribution in [2.24, 2.45) is 17.8 Å². The largest absolute Gasteiger partial charge is 0.487 e. The van der Waals surface area contributed by atoms with Crippen molar-refractivity contribution in [1.82, 2.24) is 9.62 Å². The number of hydrogen-bond acceptors (Lipinski definition) is 8. The maximum atomic E-state index is 13.5. The summed E-state index contributed by atoms with van der Waals surface area (Å²) in [5.41, 5.74) is 3.17. The smallest absolute Gasteiger partial charge is 0.264 e. The van der Waals surface area contributed by atoms with Crippen LogP contribution in [0.5, 0.6) is 5.75 Å². The van der Waals surface area contributed by atoms with Crippen molar-refractivity contribution < 1.29 is 27.4 Å².